The maximum Gasteiger partial charge on any atom is 0.343 e. The van der Waals surface area contributed by atoms with E-state index in [0.717, 1.165) is 30.4 Å². The molecule has 3 saturated carbocycles. The molecule has 17 nitrogen and oxygen atoms in total. The van der Waals surface area contributed by atoms with Gasteiger partial charge in [0.25, 0.3) is 0 Å². The highest BCUT2D eigenvalue weighted by atomic mass is 16.7. The molecule has 6 heterocycles. The average Bonchev–Trinajstić information content (AvgIpc) is 3.77. The number of piperidine rings is 1. The van der Waals surface area contributed by atoms with Crippen molar-refractivity contribution in [2.75, 3.05) is 46.0 Å². The van der Waals surface area contributed by atoms with E-state index in [1.165, 1.54) is 24.3 Å². The Morgan fingerprint density at radius 2 is 1.55 bits per heavy atom. The monoisotopic (exact) mass is 1060 g/mol. The molecule has 0 radical (unpaired) electrons. The van der Waals surface area contributed by atoms with Crippen molar-refractivity contribution in [1.29, 1.82) is 0 Å². The van der Waals surface area contributed by atoms with E-state index in [0.29, 0.717) is 81.1 Å². The van der Waals surface area contributed by atoms with Crippen molar-refractivity contribution in [1.82, 2.24) is 9.80 Å². The van der Waals surface area contributed by atoms with Crippen LogP contribution >= 0.6 is 0 Å². The fourth-order valence-corrected chi connectivity index (χ4v) is 13.7. The van der Waals surface area contributed by atoms with Gasteiger partial charge in [-0.1, -0.05) is 29.4 Å². The van der Waals surface area contributed by atoms with Crippen LogP contribution in [0.1, 0.15) is 132 Å². The third-order valence-corrected chi connectivity index (χ3v) is 17.5. The van der Waals surface area contributed by atoms with Crippen LogP contribution in [0.5, 0.6) is 23.0 Å². The normalized spacial score (nSPS) is 34.0. The third kappa shape index (κ3) is 9.49. The van der Waals surface area contributed by atoms with Gasteiger partial charge in [0.15, 0.2) is 28.5 Å². The highest BCUT2D eigenvalue weighted by molar-refractivity contribution is 6.11. The predicted molar refractivity (Wildman–Crippen MR) is 283 cm³/mol. The molecule has 2 aromatic rings. The molecule has 77 heavy (non-hydrogen) atoms. The van der Waals surface area contributed by atoms with Gasteiger partial charge in [-0.3, -0.25) is 19.3 Å². The van der Waals surface area contributed by atoms with Gasteiger partial charge in [0, 0.05) is 61.6 Å². The van der Waals surface area contributed by atoms with Crippen LogP contribution in [0, 0.1) is 17.8 Å². The quantitative estimate of drug-likeness (QED) is 0.0711. The molecular formula is C60H76N2O15. The summed E-state index contributed by atoms with van der Waals surface area (Å²) in [5.74, 6) is -2.93. The number of fused-ring (bicyclic) bond motifs is 2. The standard InChI is InChI=1S/C60H76N2O15/c1-33(2)13-12-22-58(8)23-21-39-50(75-58)38(19-14-34(3)4)52-43(51(39)74-55(70)36-15-17-37(18-16-36)72-56-49(67)48(66)46(64)41(32-63)73-56)47(65)44-45(61-27-29-71-30-28-61)40-31-42-57(6,7)77-59(53(40)68,60(42,44)76-52)24-20-35(5)54(69)62-25-10-9-11-26-62/h13-18,20-21,23,40-42,44-46,48-49,56,63-64,66-67H,9-12,19,22,24-32H2,1-8H3/t40?,41-,42?,44?,45?,46-,48-,49-,56-,58?,59?,60?/m1/s1. The summed E-state index contributed by atoms with van der Waals surface area (Å²) in [5, 5.41) is 41.1. The number of rotatable bonds is 14. The minimum atomic E-state index is -1.70. The summed E-state index contributed by atoms with van der Waals surface area (Å²) in [7, 11) is 0. The lowest BCUT2D eigenvalue weighted by molar-refractivity contribution is -0.277. The Morgan fingerprint density at radius 1 is 0.844 bits per heavy atom. The number of hydrogen-bond acceptors (Lipinski definition) is 16. The molecule has 4 N–H and O–H groups in total. The lowest BCUT2D eigenvalue weighted by atomic mass is 9.44. The maximum atomic E-state index is 16.8. The van der Waals surface area contributed by atoms with Crippen molar-refractivity contribution in [3.05, 3.63) is 87.5 Å². The van der Waals surface area contributed by atoms with Crippen LogP contribution in [0.3, 0.4) is 0 Å². The Morgan fingerprint density at radius 3 is 2.22 bits per heavy atom. The molecule has 1 spiro atoms. The fourth-order valence-electron chi connectivity index (χ4n) is 13.7. The molecule has 7 fully saturated rings. The van der Waals surface area contributed by atoms with Crippen LogP contribution in [0.4, 0.5) is 0 Å². The van der Waals surface area contributed by atoms with E-state index in [1.807, 2.05) is 77.7 Å². The number of aliphatic hydroxyl groups is 4. The highest BCUT2D eigenvalue weighted by Crippen LogP contribution is 2.71. The zero-order chi connectivity index (χ0) is 54.9. The predicted octanol–water partition coefficient (Wildman–Crippen LogP) is 6.25. The molecule has 9 aliphatic rings. The van der Waals surface area contributed by atoms with Gasteiger partial charge < -0.3 is 58.5 Å². The summed E-state index contributed by atoms with van der Waals surface area (Å²) in [6.45, 7) is 18.2. The zero-order valence-corrected chi connectivity index (χ0v) is 45.7. The molecule has 11 rings (SSSR count). The number of likely N-dealkylation sites (tertiary alicyclic amines) is 1. The van der Waals surface area contributed by atoms with Gasteiger partial charge >= 0.3 is 5.97 Å². The number of ketones is 2. The first-order chi connectivity index (χ1) is 36.6. The number of Topliss-reactive ketones (excluding diaryl/α,β-unsaturated/α-hetero) is 2. The first kappa shape index (κ1) is 55.1. The number of hydrogen-bond donors (Lipinski definition) is 4. The number of nitrogens with zero attached hydrogens (tertiary/aromatic N) is 2. The minimum Gasteiger partial charge on any atom is -0.482 e. The largest absolute Gasteiger partial charge is 0.482 e. The SMILES string of the molecule is CC(C)=CCCC1(C)C=Cc2c(c(CC=C(C)C)c3c(c2OC(=O)c2ccc(O[C@@H]4O[C@H](CO)[C@@H](O)[C@@H](O)[C@H]4O)cc2)C(=O)C2C(N4CCOCC4)C4CC5C(C)(C)OC(CC=C(C)C(=O)N6CCCCC6)(C4=O)C25O3)O1. The van der Waals surface area contributed by atoms with Gasteiger partial charge in [-0.15, -0.1) is 0 Å². The lowest BCUT2D eigenvalue weighted by Crippen LogP contribution is -2.82. The van der Waals surface area contributed by atoms with Crippen molar-refractivity contribution in [2.45, 2.75) is 166 Å². The summed E-state index contributed by atoms with van der Waals surface area (Å²) in [5.41, 5.74) is -1.38. The van der Waals surface area contributed by atoms with E-state index < -0.39 is 89.5 Å². The van der Waals surface area contributed by atoms with E-state index in [4.69, 9.17) is 33.2 Å². The molecule has 1 amide bonds. The molecule has 4 saturated heterocycles. The molecule has 6 aliphatic heterocycles. The van der Waals surface area contributed by atoms with Gasteiger partial charge in [-0.25, -0.2) is 4.79 Å². The summed E-state index contributed by atoms with van der Waals surface area (Å²) in [4.78, 5) is 65.6. The van der Waals surface area contributed by atoms with Crippen molar-refractivity contribution in [2.24, 2.45) is 17.8 Å². The summed E-state index contributed by atoms with van der Waals surface area (Å²) >= 11 is 0. The molecule has 0 aromatic heterocycles. The van der Waals surface area contributed by atoms with Crippen molar-refractivity contribution in [3.8, 4) is 23.0 Å². The number of carbonyl (C=O) groups is 4. The van der Waals surface area contributed by atoms with E-state index >= 15 is 9.59 Å². The molecule has 4 bridgehead atoms. The second-order valence-corrected chi connectivity index (χ2v) is 23.6. The summed E-state index contributed by atoms with van der Waals surface area (Å²) in [6, 6.07) is 5.14. The number of morpholine rings is 1. The lowest BCUT2D eigenvalue weighted by Gasteiger charge is -2.64. The Bertz CT molecular complexity index is 2780. The zero-order valence-electron chi connectivity index (χ0n) is 45.7. The summed E-state index contributed by atoms with van der Waals surface area (Å²) in [6.07, 6.45) is 7.14. The first-order valence-corrected chi connectivity index (χ1v) is 27.6. The summed E-state index contributed by atoms with van der Waals surface area (Å²) < 4.78 is 46.1. The van der Waals surface area contributed by atoms with E-state index in [2.05, 4.69) is 11.0 Å². The number of carbonyl (C=O) groups excluding carboxylic acids is 4. The number of esters is 1. The van der Waals surface area contributed by atoms with Crippen LogP contribution in [0.2, 0.25) is 0 Å². The number of ether oxygens (including phenoxy) is 7. The number of aliphatic hydroxyl groups excluding tert-OH is 4. The van der Waals surface area contributed by atoms with Crippen molar-refractivity contribution in [3.63, 3.8) is 0 Å². The van der Waals surface area contributed by atoms with Gasteiger partial charge in [-0.05, 0) is 137 Å². The van der Waals surface area contributed by atoms with E-state index in [9.17, 15) is 30.0 Å². The topological polar surface area (TPSA) is 220 Å². The number of benzene rings is 2. The van der Waals surface area contributed by atoms with Gasteiger partial charge in [0.05, 0.1) is 42.5 Å². The molecular weight excluding hydrogens is 989 g/mol. The van der Waals surface area contributed by atoms with Gasteiger partial charge in [0.2, 0.25) is 12.2 Å². The fraction of sp³-hybridized carbons (Fsp3) is 0.600. The molecule has 17 heteroatoms. The Hall–Kier alpha value is -5.24. The number of allylic oxidation sites excluding steroid dienone is 4. The highest BCUT2D eigenvalue weighted by Gasteiger charge is 2.86. The third-order valence-electron chi connectivity index (χ3n) is 17.5. The average molecular weight is 1070 g/mol. The van der Waals surface area contributed by atoms with Crippen LogP contribution in [-0.4, -0.2) is 159 Å². The molecule has 7 unspecified atom stereocenters. The Kier molecular flexibility index (Phi) is 15.1. The number of amides is 1. The van der Waals surface area contributed by atoms with Crippen LogP contribution in [0.25, 0.3) is 6.08 Å². The molecule has 12 atom stereocenters. The van der Waals surface area contributed by atoms with Crippen LogP contribution in [-0.2, 0) is 30.2 Å². The van der Waals surface area contributed by atoms with Crippen LogP contribution < -0.4 is 18.9 Å². The van der Waals surface area contributed by atoms with Crippen molar-refractivity contribution >= 4 is 29.5 Å². The van der Waals surface area contributed by atoms with Crippen molar-refractivity contribution < 1.29 is 72.8 Å². The molecule has 2 aromatic carbocycles. The van der Waals surface area contributed by atoms with E-state index in [1.54, 1.807) is 6.92 Å². The first-order valence-electron chi connectivity index (χ1n) is 27.6. The van der Waals surface area contributed by atoms with Gasteiger partial charge in [-0.2, -0.15) is 0 Å². The second-order valence-electron chi connectivity index (χ2n) is 23.6. The molecule has 3 aliphatic carbocycles. The second kappa shape index (κ2) is 21.1. The minimum absolute atomic E-state index is 0.00350. The van der Waals surface area contributed by atoms with Gasteiger partial charge in [0.1, 0.15) is 52.8 Å². The Balaban J connectivity index is 1.13. The maximum absolute atomic E-state index is 16.8. The van der Waals surface area contributed by atoms with Crippen LogP contribution in [0.15, 0.2) is 65.3 Å². The van der Waals surface area contributed by atoms with E-state index in [-0.39, 0.29) is 58.7 Å². The smallest absolute Gasteiger partial charge is 0.343 e. The molecule has 416 valence electrons. The Labute approximate surface area is 450 Å².